The number of hydrogen-bond donors (Lipinski definition) is 0. The molecule has 1 saturated carbocycles. The Bertz CT molecular complexity index is 404. The molecule has 0 N–H and O–H groups in total. The van der Waals surface area contributed by atoms with Crippen LogP contribution in [0.5, 0.6) is 0 Å². The van der Waals surface area contributed by atoms with Crippen LogP contribution in [-0.2, 0) is 14.3 Å². The van der Waals surface area contributed by atoms with E-state index in [1.807, 2.05) is 0 Å². The molecule has 0 aromatic carbocycles. The molecule has 4 atom stereocenters. The molecule has 3 nitrogen and oxygen atoms in total. The molecule has 2 heterocycles. The lowest BCUT2D eigenvalue weighted by molar-refractivity contribution is -0.124. The normalized spacial score (nSPS) is 46.1. The summed E-state index contributed by atoms with van der Waals surface area (Å²) in [5.74, 6) is 0.639. The highest BCUT2D eigenvalue weighted by atomic mass is 16.6. The Morgan fingerprint density at radius 3 is 2.83 bits per heavy atom. The van der Waals surface area contributed by atoms with Crippen LogP contribution in [0.15, 0.2) is 11.6 Å². The van der Waals surface area contributed by atoms with Crippen molar-refractivity contribution in [2.45, 2.75) is 63.8 Å². The van der Waals surface area contributed by atoms with Crippen LogP contribution in [0, 0.1) is 5.92 Å². The third-order valence-corrected chi connectivity index (χ3v) is 4.82. The lowest BCUT2D eigenvalue weighted by atomic mass is 9.71. The lowest BCUT2D eigenvalue weighted by Gasteiger charge is -2.31. The van der Waals surface area contributed by atoms with Crippen LogP contribution in [0.3, 0.4) is 0 Å². The van der Waals surface area contributed by atoms with Gasteiger partial charge in [0.05, 0.1) is 23.9 Å². The van der Waals surface area contributed by atoms with Crippen molar-refractivity contribution in [3.05, 3.63) is 11.6 Å². The smallest absolute Gasteiger partial charge is 0.133 e. The van der Waals surface area contributed by atoms with Gasteiger partial charge in [0.1, 0.15) is 5.78 Å². The number of rotatable bonds is 3. The van der Waals surface area contributed by atoms with Crippen LogP contribution in [0.2, 0.25) is 0 Å². The molecule has 1 aliphatic carbocycles. The Morgan fingerprint density at radius 2 is 2.22 bits per heavy atom. The summed E-state index contributed by atoms with van der Waals surface area (Å²) < 4.78 is 11.6. The summed E-state index contributed by atoms with van der Waals surface area (Å²) in [6.07, 6.45) is 5.67. The standard InChI is InChI=1S/C15H22O3/c1-10(2)4-5-13-14(3,18-13)12-8-11(16)6-7-15(12)9-17-15/h4,12-13H,5-9H2,1-3H3/t12-,13-,14-,15+/m1/s1. The molecule has 3 fully saturated rings. The first-order chi connectivity index (χ1) is 8.46. The maximum Gasteiger partial charge on any atom is 0.133 e. The van der Waals surface area contributed by atoms with Gasteiger partial charge in [-0.2, -0.15) is 0 Å². The summed E-state index contributed by atoms with van der Waals surface area (Å²) in [6, 6.07) is 0. The van der Waals surface area contributed by atoms with Crippen molar-refractivity contribution in [2.75, 3.05) is 6.61 Å². The highest BCUT2D eigenvalue weighted by molar-refractivity contribution is 5.80. The van der Waals surface area contributed by atoms with E-state index in [9.17, 15) is 4.79 Å². The van der Waals surface area contributed by atoms with E-state index in [2.05, 4.69) is 26.8 Å². The number of ketones is 1. The summed E-state index contributed by atoms with van der Waals surface area (Å²) in [7, 11) is 0. The van der Waals surface area contributed by atoms with Crippen molar-refractivity contribution in [1.82, 2.24) is 0 Å². The molecule has 3 aliphatic rings. The van der Waals surface area contributed by atoms with Crippen LogP contribution < -0.4 is 0 Å². The molecule has 0 amide bonds. The maximum atomic E-state index is 11.7. The van der Waals surface area contributed by atoms with Gasteiger partial charge in [-0.15, -0.1) is 0 Å². The summed E-state index contributed by atoms with van der Waals surface area (Å²) in [5.41, 5.74) is 1.16. The second kappa shape index (κ2) is 3.91. The van der Waals surface area contributed by atoms with Crippen molar-refractivity contribution in [3.8, 4) is 0 Å². The van der Waals surface area contributed by atoms with Crippen molar-refractivity contribution in [1.29, 1.82) is 0 Å². The van der Waals surface area contributed by atoms with Gasteiger partial charge in [-0.25, -0.2) is 0 Å². The van der Waals surface area contributed by atoms with Gasteiger partial charge < -0.3 is 9.47 Å². The van der Waals surface area contributed by atoms with E-state index in [0.29, 0.717) is 18.6 Å². The van der Waals surface area contributed by atoms with Crippen LogP contribution in [0.25, 0.3) is 0 Å². The largest absolute Gasteiger partial charge is 0.369 e. The number of carbonyl (C=O) groups is 1. The second-order valence-electron chi connectivity index (χ2n) is 6.46. The van der Waals surface area contributed by atoms with Gasteiger partial charge in [0.15, 0.2) is 0 Å². The van der Waals surface area contributed by atoms with Gasteiger partial charge in [-0.1, -0.05) is 11.6 Å². The molecule has 2 aliphatic heterocycles. The van der Waals surface area contributed by atoms with E-state index in [0.717, 1.165) is 19.4 Å². The SMILES string of the molecule is CC(C)=CC[C@H]1O[C@]1(C)[C@H]1CC(=O)CC[C@]12CO2. The zero-order valence-corrected chi connectivity index (χ0v) is 11.5. The minimum atomic E-state index is -0.140. The van der Waals surface area contributed by atoms with E-state index in [4.69, 9.17) is 9.47 Å². The minimum absolute atomic E-state index is 0.0254. The molecule has 0 radical (unpaired) electrons. The Labute approximate surface area is 109 Å². The highest BCUT2D eigenvalue weighted by Crippen LogP contribution is 2.58. The summed E-state index contributed by atoms with van der Waals surface area (Å²) in [6.45, 7) is 7.19. The molecular formula is C15H22O3. The molecule has 0 unspecified atom stereocenters. The number of ether oxygens (including phenoxy) is 2. The molecule has 18 heavy (non-hydrogen) atoms. The predicted octanol–water partition coefficient (Wildman–Crippen LogP) is 2.64. The molecule has 0 aromatic rings. The topological polar surface area (TPSA) is 42.1 Å². The number of epoxide rings is 2. The van der Waals surface area contributed by atoms with E-state index in [1.54, 1.807) is 0 Å². The zero-order valence-electron chi connectivity index (χ0n) is 11.5. The monoisotopic (exact) mass is 250 g/mol. The summed E-state index contributed by atoms with van der Waals surface area (Å²) >= 11 is 0. The first-order valence-electron chi connectivity index (χ1n) is 6.93. The molecule has 0 aromatic heterocycles. The van der Waals surface area contributed by atoms with Gasteiger partial charge >= 0.3 is 0 Å². The third-order valence-electron chi connectivity index (χ3n) is 4.82. The van der Waals surface area contributed by atoms with E-state index in [1.165, 1.54) is 5.57 Å². The number of Topliss-reactive ketones (excluding diaryl/α,β-unsaturated/α-hetero) is 1. The molecule has 100 valence electrons. The van der Waals surface area contributed by atoms with Crippen LogP contribution in [0.1, 0.15) is 46.5 Å². The van der Waals surface area contributed by atoms with Gasteiger partial charge in [-0.05, 0) is 33.6 Å². The Kier molecular flexibility index (Phi) is 2.69. The van der Waals surface area contributed by atoms with Gasteiger partial charge in [0.25, 0.3) is 0 Å². The van der Waals surface area contributed by atoms with Crippen molar-refractivity contribution in [3.63, 3.8) is 0 Å². The Hall–Kier alpha value is -0.670. The molecule has 2 saturated heterocycles. The highest BCUT2D eigenvalue weighted by Gasteiger charge is 2.68. The first kappa shape index (κ1) is 12.4. The van der Waals surface area contributed by atoms with Crippen LogP contribution in [-0.4, -0.2) is 29.7 Å². The molecule has 3 rings (SSSR count). The third kappa shape index (κ3) is 1.94. The van der Waals surface area contributed by atoms with Crippen molar-refractivity contribution >= 4 is 5.78 Å². The van der Waals surface area contributed by atoms with Crippen LogP contribution >= 0.6 is 0 Å². The Morgan fingerprint density at radius 1 is 1.50 bits per heavy atom. The van der Waals surface area contributed by atoms with Gasteiger partial charge in [-0.3, -0.25) is 4.79 Å². The molecule has 3 heteroatoms. The zero-order chi connectivity index (χ0) is 13.0. The average molecular weight is 250 g/mol. The first-order valence-corrected chi connectivity index (χ1v) is 6.93. The maximum absolute atomic E-state index is 11.7. The molecule has 1 spiro atoms. The predicted molar refractivity (Wildman–Crippen MR) is 68.4 cm³/mol. The van der Waals surface area contributed by atoms with E-state index in [-0.39, 0.29) is 23.2 Å². The van der Waals surface area contributed by atoms with Gasteiger partial charge in [0, 0.05) is 18.8 Å². The second-order valence-corrected chi connectivity index (χ2v) is 6.46. The fourth-order valence-electron chi connectivity index (χ4n) is 3.41. The van der Waals surface area contributed by atoms with Crippen molar-refractivity contribution in [2.24, 2.45) is 5.92 Å². The fraction of sp³-hybridized carbons (Fsp3) is 0.800. The lowest BCUT2D eigenvalue weighted by Crippen LogP contribution is -2.42. The molecular weight excluding hydrogens is 228 g/mol. The quantitative estimate of drug-likeness (QED) is 0.571. The van der Waals surface area contributed by atoms with E-state index >= 15 is 0 Å². The number of allylic oxidation sites excluding steroid dienone is 1. The Balaban J connectivity index is 1.71. The average Bonchev–Trinajstić information content (AvgIpc) is 3.19. The van der Waals surface area contributed by atoms with Crippen LogP contribution in [0.4, 0.5) is 0 Å². The van der Waals surface area contributed by atoms with Crippen molar-refractivity contribution < 1.29 is 14.3 Å². The van der Waals surface area contributed by atoms with E-state index < -0.39 is 0 Å². The molecule has 0 bridgehead atoms. The van der Waals surface area contributed by atoms with Gasteiger partial charge in [0.2, 0.25) is 0 Å². The number of carbonyl (C=O) groups excluding carboxylic acids is 1. The summed E-state index contributed by atoms with van der Waals surface area (Å²) in [5, 5.41) is 0. The fourth-order valence-corrected chi connectivity index (χ4v) is 3.41. The number of hydrogen-bond acceptors (Lipinski definition) is 3. The minimum Gasteiger partial charge on any atom is -0.369 e. The summed E-state index contributed by atoms with van der Waals surface area (Å²) in [4.78, 5) is 11.7.